The number of rotatable bonds is 3. The number of nitrogens with zero attached hydrogens (tertiary/aromatic N) is 1. The number of halogens is 1. The van der Waals surface area contributed by atoms with Gasteiger partial charge in [0.15, 0.2) is 10.2 Å². The maximum atomic E-state index is 11.3. The number of ether oxygens (including phenoxy) is 1. The first-order chi connectivity index (χ1) is 6.19. The third-order valence-corrected chi connectivity index (χ3v) is 2.77. The van der Waals surface area contributed by atoms with Crippen LogP contribution in [0.25, 0.3) is 0 Å². The van der Waals surface area contributed by atoms with Crippen LogP contribution in [0.4, 0.5) is 0 Å². The third kappa shape index (κ3) is 2.42. The molecule has 1 rings (SSSR count). The van der Waals surface area contributed by atoms with Gasteiger partial charge in [0.2, 0.25) is 0 Å². The molecule has 1 aromatic heterocycles. The molecule has 0 saturated heterocycles. The fourth-order valence-corrected chi connectivity index (χ4v) is 2.00. The molecule has 0 aliphatic carbocycles. The highest BCUT2D eigenvalue weighted by atomic mass is 35.5. The summed E-state index contributed by atoms with van der Waals surface area (Å²) in [5.41, 5.74) is 0.361. The van der Waals surface area contributed by atoms with E-state index in [0.29, 0.717) is 16.8 Å². The number of carbonyl (C=O) groups excluding carboxylic acids is 1. The second-order valence-electron chi connectivity index (χ2n) is 2.31. The average molecular weight is 220 g/mol. The first-order valence-electron chi connectivity index (χ1n) is 4.01. The molecule has 0 unspecified atom stereocenters. The molecule has 0 N–H and O–H groups in total. The SMILES string of the molecule is CCOC(=O)c1nc(Cl)sc1CC. The normalized spacial score (nSPS) is 10.1. The van der Waals surface area contributed by atoms with Crippen LogP contribution in [0.2, 0.25) is 4.47 Å². The van der Waals surface area contributed by atoms with Gasteiger partial charge >= 0.3 is 5.97 Å². The Morgan fingerprint density at radius 2 is 2.31 bits per heavy atom. The number of aryl methyl sites for hydroxylation is 1. The predicted molar refractivity (Wildman–Crippen MR) is 52.5 cm³/mol. The summed E-state index contributed by atoms with van der Waals surface area (Å²) in [5, 5.41) is 0. The lowest BCUT2D eigenvalue weighted by atomic mass is 10.3. The number of esters is 1. The maximum Gasteiger partial charge on any atom is 0.358 e. The van der Waals surface area contributed by atoms with Crippen molar-refractivity contribution >= 4 is 28.9 Å². The van der Waals surface area contributed by atoms with Gasteiger partial charge in [-0.15, -0.1) is 11.3 Å². The van der Waals surface area contributed by atoms with Crippen molar-refractivity contribution in [1.29, 1.82) is 0 Å². The van der Waals surface area contributed by atoms with Crippen molar-refractivity contribution in [2.45, 2.75) is 20.3 Å². The van der Waals surface area contributed by atoms with Crippen LogP contribution in [0.5, 0.6) is 0 Å². The first kappa shape index (κ1) is 10.5. The summed E-state index contributed by atoms with van der Waals surface area (Å²) < 4.78 is 5.22. The number of hydrogen-bond acceptors (Lipinski definition) is 4. The van der Waals surface area contributed by atoms with Crippen molar-refractivity contribution < 1.29 is 9.53 Å². The minimum absolute atomic E-state index is 0.358. The minimum Gasteiger partial charge on any atom is -0.461 e. The molecular formula is C8H10ClNO2S. The standard InChI is InChI=1S/C8H10ClNO2S/c1-3-5-6(7(11)12-4-2)10-8(9)13-5/h3-4H2,1-2H3. The molecule has 13 heavy (non-hydrogen) atoms. The van der Waals surface area contributed by atoms with Crippen LogP contribution in [0.1, 0.15) is 29.2 Å². The zero-order valence-corrected chi connectivity index (χ0v) is 9.04. The van der Waals surface area contributed by atoms with Gasteiger partial charge in [-0.2, -0.15) is 0 Å². The van der Waals surface area contributed by atoms with E-state index >= 15 is 0 Å². The van der Waals surface area contributed by atoms with Crippen LogP contribution in [-0.4, -0.2) is 17.6 Å². The van der Waals surface area contributed by atoms with Gasteiger partial charge < -0.3 is 4.74 Å². The summed E-state index contributed by atoms with van der Waals surface area (Å²) in [6, 6.07) is 0. The van der Waals surface area contributed by atoms with Crippen molar-refractivity contribution in [3.63, 3.8) is 0 Å². The highest BCUT2D eigenvalue weighted by Gasteiger charge is 2.16. The second-order valence-corrected chi connectivity index (χ2v) is 3.98. The Bertz CT molecular complexity index is 311. The van der Waals surface area contributed by atoms with Gasteiger partial charge in [0, 0.05) is 4.88 Å². The van der Waals surface area contributed by atoms with E-state index in [0.717, 1.165) is 11.3 Å². The molecule has 1 heterocycles. The van der Waals surface area contributed by atoms with E-state index in [1.807, 2.05) is 6.92 Å². The zero-order chi connectivity index (χ0) is 9.84. The van der Waals surface area contributed by atoms with Gasteiger partial charge in [-0.25, -0.2) is 9.78 Å². The molecule has 0 bridgehead atoms. The lowest BCUT2D eigenvalue weighted by Crippen LogP contribution is -2.07. The summed E-state index contributed by atoms with van der Waals surface area (Å²) in [5.74, 6) is -0.387. The van der Waals surface area contributed by atoms with Gasteiger partial charge in [0.05, 0.1) is 6.61 Å². The molecule has 0 saturated carbocycles. The summed E-state index contributed by atoms with van der Waals surface area (Å²) in [6.07, 6.45) is 0.749. The van der Waals surface area contributed by atoms with E-state index in [1.165, 1.54) is 11.3 Å². The molecule has 0 aromatic carbocycles. The van der Waals surface area contributed by atoms with Crippen molar-refractivity contribution in [2.75, 3.05) is 6.61 Å². The van der Waals surface area contributed by atoms with Gasteiger partial charge in [-0.05, 0) is 13.3 Å². The summed E-state index contributed by atoms with van der Waals surface area (Å²) in [6.45, 7) is 4.07. The van der Waals surface area contributed by atoms with Gasteiger partial charge in [0.25, 0.3) is 0 Å². The van der Waals surface area contributed by atoms with Crippen molar-refractivity contribution in [3.05, 3.63) is 15.0 Å². The maximum absolute atomic E-state index is 11.3. The lowest BCUT2D eigenvalue weighted by molar-refractivity contribution is 0.0519. The van der Waals surface area contributed by atoms with Crippen molar-refractivity contribution in [2.24, 2.45) is 0 Å². The Balaban J connectivity index is 2.91. The summed E-state index contributed by atoms with van der Waals surface area (Å²) in [4.78, 5) is 16.1. The molecule has 72 valence electrons. The molecule has 0 radical (unpaired) electrons. The Morgan fingerprint density at radius 3 is 2.85 bits per heavy atom. The molecule has 3 nitrogen and oxygen atoms in total. The fourth-order valence-electron chi connectivity index (χ4n) is 0.922. The van der Waals surface area contributed by atoms with E-state index in [4.69, 9.17) is 16.3 Å². The van der Waals surface area contributed by atoms with E-state index in [9.17, 15) is 4.79 Å². The Morgan fingerprint density at radius 1 is 1.62 bits per heavy atom. The molecule has 0 aliphatic rings. The lowest BCUT2D eigenvalue weighted by Gasteiger charge is -1.98. The topological polar surface area (TPSA) is 39.2 Å². The molecule has 0 aliphatic heterocycles. The Hall–Kier alpha value is -0.610. The Labute approximate surface area is 85.7 Å². The molecule has 0 fully saturated rings. The van der Waals surface area contributed by atoms with E-state index in [-0.39, 0.29) is 5.97 Å². The van der Waals surface area contributed by atoms with Gasteiger partial charge in [-0.3, -0.25) is 0 Å². The first-order valence-corrected chi connectivity index (χ1v) is 5.20. The monoisotopic (exact) mass is 219 g/mol. The molecule has 0 amide bonds. The average Bonchev–Trinajstić information content (AvgIpc) is 2.47. The number of hydrogen-bond donors (Lipinski definition) is 0. The van der Waals surface area contributed by atoms with Crippen LogP contribution in [-0.2, 0) is 11.2 Å². The van der Waals surface area contributed by atoms with Crippen molar-refractivity contribution in [3.8, 4) is 0 Å². The summed E-state index contributed by atoms with van der Waals surface area (Å²) in [7, 11) is 0. The van der Waals surface area contributed by atoms with Crippen LogP contribution in [0.15, 0.2) is 0 Å². The van der Waals surface area contributed by atoms with Crippen LogP contribution in [0.3, 0.4) is 0 Å². The number of thiazole rings is 1. The zero-order valence-electron chi connectivity index (χ0n) is 7.46. The smallest absolute Gasteiger partial charge is 0.358 e. The molecular weight excluding hydrogens is 210 g/mol. The van der Waals surface area contributed by atoms with Gasteiger partial charge in [-0.1, -0.05) is 18.5 Å². The van der Waals surface area contributed by atoms with E-state index < -0.39 is 0 Å². The number of carbonyl (C=O) groups is 1. The summed E-state index contributed by atoms with van der Waals surface area (Å²) >= 11 is 7.01. The molecule has 1 aromatic rings. The van der Waals surface area contributed by atoms with Gasteiger partial charge in [0.1, 0.15) is 0 Å². The molecule has 0 spiro atoms. The quantitative estimate of drug-likeness (QED) is 0.734. The minimum atomic E-state index is -0.387. The van der Waals surface area contributed by atoms with Crippen LogP contribution < -0.4 is 0 Å². The number of aromatic nitrogens is 1. The highest BCUT2D eigenvalue weighted by molar-refractivity contribution is 7.16. The van der Waals surface area contributed by atoms with Crippen molar-refractivity contribution in [1.82, 2.24) is 4.98 Å². The highest BCUT2D eigenvalue weighted by Crippen LogP contribution is 2.23. The van der Waals surface area contributed by atoms with Crippen LogP contribution in [0, 0.1) is 0 Å². The Kier molecular flexibility index (Phi) is 3.69. The second kappa shape index (κ2) is 4.58. The predicted octanol–water partition coefficient (Wildman–Crippen LogP) is 2.54. The fraction of sp³-hybridized carbons (Fsp3) is 0.500. The van der Waals surface area contributed by atoms with Crippen LogP contribution >= 0.6 is 22.9 Å². The van der Waals surface area contributed by atoms with E-state index in [2.05, 4.69) is 4.98 Å². The third-order valence-electron chi connectivity index (χ3n) is 1.46. The largest absolute Gasteiger partial charge is 0.461 e. The molecule has 5 heteroatoms. The van der Waals surface area contributed by atoms with E-state index in [1.54, 1.807) is 6.92 Å². The molecule has 0 atom stereocenters.